The van der Waals surface area contributed by atoms with E-state index in [1.165, 1.54) is 10.9 Å². The van der Waals surface area contributed by atoms with E-state index in [9.17, 15) is 19.5 Å². The summed E-state index contributed by atoms with van der Waals surface area (Å²) < 4.78 is 13.2. The Balaban J connectivity index is 1.60. The van der Waals surface area contributed by atoms with Crippen molar-refractivity contribution in [2.75, 3.05) is 0 Å². The van der Waals surface area contributed by atoms with Gasteiger partial charge in [-0.05, 0) is 50.5 Å². The number of esters is 2. The molecule has 0 aromatic carbocycles. The summed E-state index contributed by atoms with van der Waals surface area (Å²) in [4.78, 5) is 42.2. The van der Waals surface area contributed by atoms with Gasteiger partial charge in [0.1, 0.15) is 18.5 Å². The van der Waals surface area contributed by atoms with Crippen LogP contribution >= 0.6 is 0 Å². The number of cyclic esters (lactones) is 1. The minimum Gasteiger partial charge on any atom is -0.462 e. The van der Waals surface area contributed by atoms with Gasteiger partial charge in [-0.2, -0.15) is 0 Å². The number of nitrogens with zero attached hydrogens (tertiary/aromatic N) is 2. The van der Waals surface area contributed by atoms with Crippen molar-refractivity contribution < 1.29 is 29.0 Å². The lowest BCUT2D eigenvalue weighted by Gasteiger charge is -2.44. The van der Waals surface area contributed by atoms with Crippen molar-refractivity contribution in [3.05, 3.63) is 42.5 Å². The number of allylic oxidation sites excluding steroid dienone is 3. The van der Waals surface area contributed by atoms with E-state index in [0.29, 0.717) is 25.7 Å². The maximum Gasteiger partial charge on any atom is 0.311 e. The van der Waals surface area contributed by atoms with Crippen LogP contribution in [0.3, 0.4) is 0 Å². The number of imidazole rings is 1. The van der Waals surface area contributed by atoms with Gasteiger partial charge in [-0.15, -0.1) is 0 Å². The van der Waals surface area contributed by atoms with E-state index in [2.05, 4.69) is 24.1 Å². The zero-order valence-corrected chi connectivity index (χ0v) is 21.6. The minimum atomic E-state index is -0.662. The second-order valence-corrected chi connectivity index (χ2v) is 11.2. The van der Waals surface area contributed by atoms with Crippen LogP contribution in [0.2, 0.25) is 0 Å². The van der Waals surface area contributed by atoms with E-state index in [1.54, 1.807) is 12.4 Å². The fraction of sp³-hybridized carbons (Fsp3) is 0.643. The fourth-order valence-electron chi connectivity index (χ4n) is 5.62. The standard InChI is InChI=1S/C28H38N2O6/c1-5-28(3,4)27(34)36-23-13-19(26(33)30-11-10-29-16-30)12-18-7-6-17(2)22(25(18)23)9-8-21-14-20(31)15-24(32)35-21/h6-7,10-12,16-17,19-23,25,31H,5,8-9,13-15H2,1-4H3/t17-,19+,20+,21+,22-,23-,25-/m0/s1. The number of rotatable bonds is 7. The molecule has 1 aromatic rings. The average molecular weight is 499 g/mol. The van der Waals surface area contributed by atoms with Crippen molar-refractivity contribution >= 4 is 17.8 Å². The topological polar surface area (TPSA) is 108 Å². The Kier molecular flexibility index (Phi) is 7.83. The number of aromatic nitrogens is 2. The summed E-state index contributed by atoms with van der Waals surface area (Å²) in [6, 6.07) is 0. The van der Waals surface area contributed by atoms with Gasteiger partial charge in [0.15, 0.2) is 0 Å². The first-order chi connectivity index (χ1) is 17.1. The average Bonchev–Trinajstić information content (AvgIpc) is 3.37. The molecule has 1 saturated heterocycles. The SMILES string of the molecule is CCC(C)(C)C(=O)O[C@H]1C[C@H](C(=O)n2ccnc2)C=C2C=C[C@H](C)[C@H](CC[C@@H]3C[C@@H](O)CC(=O)O3)[C@H]21. The van der Waals surface area contributed by atoms with Gasteiger partial charge in [-0.25, -0.2) is 4.98 Å². The molecule has 1 N–H and O–H groups in total. The third-order valence-electron chi connectivity index (χ3n) is 8.22. The first-order valence-electron chi connectivity index (χ1n) is 13.1. The van der Waals surface area contributed by atoms with E-state index in [0.717, 1.165) is 12.0 Å². The highest BCUT2D eigenvalue weighted by Gasteiger charge is 2.45. The zero-order chi connectivity index (χ0) is 26.0. The third-order valence-corrected chi connectivity index (χ3v) is 8.22. The highest BCUT2D eigenvalue weighted by molar-refractivity contribution is 5.83. The number of carbonyl (C=O) groups is 3. The van der Waals surface area contributed by atoms with E-state index in [1.807, 2.05) is 26.8 Å². The lowest BCUT2D eigenvalue weighted by Crippen LogP contribution is -2.44. The van der Waals surface area contributed by atoms with Gasteiger partial charge in [0.25, 0.3) is 0 Å². The molecule has 1 fully saturated rings. The minimum absolute atomic E-state index is 0.0478. The quantitative estimate of drug-likeness (QED) is 0.564. The second-order valence-electron chi connectivity index (χ2n) is 11.2. The Morgan fingerprint density at radius 1 is 1.28 bits per heavy atom. The summed E-state index contributed by atoms with van der Waals surface area (Å²) in [5, 5.41) is 10.0. The lowest BCUT2D eigenvalue weighted by molar-refractivity contribution is -0.165. The van der Waals surface area contributed by atoms with Gasteiger partial charge in [0, 0.05) is 31.2 Å². The third kappa shape index (κ3) is 5.64. The molecule has 196 valence electrons. The van der Waals surface area contributed by atoms with Crippen LogP contribution in [0, 0.1) is 29.1 Å². The molecule has 2 aliphatic carbocycles. The molecule has 0 bridgehead atoms. The van der Waals surface area contributed by atoms with Crippen LogP contribution in [0.25, 0.3) is 0 Å². The number of hydrogen-bond donors (Lipinski definition) is 1. The molecule has 0 unspecified atom stereocenters. The molecule has 0 radical (unpaired) electrons. The molecule has 2 heterocycles. The van der Waals surface area contributed by atoms with Gasteiger partial charge >= 0.3 is 11.9 Å². The number of fused-ring (bicyclic) bond motifs is 1. The van der Waals surface area contributed by atoms with E-state index in [4.69, 9.17) is 9.47 Å². The molecular weight excluding hydrogens is 460 g/mol. The first kappa shape index (κ1) is 26.3. The van der Waals surface area contributed by atoms with Crippen LogP contribution in [0.4, 0.5) is 0 Å². The number of aliphatic hydroxyl groups is 1. The lowest BCUT2D eigenvalue weighted by atomic mass is 9.65. The molecule has 3 aliphatic rings. The monoisotopic (exact) mass is 498 g/mol. The predicted molar refractivity (Wildman–Crippen MR) is 133 cm³/mol. The van der Waals surface area contributed by atoms with Crippen molar-refractivity contribution in [1.29, 1.82) is 0 Å². The van der Waals surface area contributed by atoms with E-state index in [-0.39, 0.29) is 48.1 Å². The Morgan fingerprint density at radius 2 is 2.06 bits per heavy atom. The molecule has 8 nitrogen and oxygen atoms in total. The Bertz CT molecular complexity index is 1030. The van der Waals surface area contributed by atoms with Crippen LogP contribution in [-0.2, 0) is 19.1 Å². The summed E-state index contributed by atoms with van der Waals surface area (Å²) in [5.74, 6) is -0.832. The van der Waals surface area contributed by atoms with Crippen molar-refractivity contribution in [2.45, 2.75) is 84.5 Å². The van der Waals surface area contributed by atoms with E-state index >= 15 is 0 Å². The highest BCUT2D eigenvalue weighted by Crippen LogP contribution is 2.46. The van der Waals surface area contributed by atoms with Crippen LogP contribution in [-0.4, -0.2) is 50.8 Å². The zero-order valence-electron chi connectivity index (χ0n) is 21.6. The molecule has 0 amide bonds. The van der Waals surface area contributed by atoms with Crippen molar-refractivity contribution in [3.63, 3.8) is 0 Å². The maximum absolute atomic E-state index is 13.2. The molecule has 0 saturated carbocycles. The first-order valence-corrected chi connectivity index (χ1v) is 13.1. The number of carbonyl (C=O) groups excluding carboxylic acids is 3. The molecular formula is C28H38N2O6. The van der Waals surface area contributed by atoms with Gasteiger partial charge in [-0.3, -0.25) is 19.0 Å². The highest BCUT2D eigenvalue weighted by atomic mass is 16.6. The Hall–Kier alpha value is -2.74. The summed E-state index contributed by atoms with van der Waals surface area (Å²) in [5.41, 5.74) is 0.388. The number of ether oxygens (including phenoxy) is 2. The van der Waals surface area contributed by atoms with Gasteiger partial charge in [0.05, 0.1) is 23.9 Å². The number of hydrogen-bond acceptors (Lipinski definition) is 7. The largest absolute Gasteiger partial charge is 0.462 e. The fourth-order valence-corrected chi connectivity index (χ4v) is 5.62. The molecule has 4 rings (SSSR count). The second kappa shape index (κ2) is 10.7. The Labute approximate surface area is 212 Å². The maximum atomic E-state index is 13.2. The predicted octanol–water partition coefficient (Wildman–Crippen LogP) is 4.10. The summed E-state index contributed by atoms with van der Waals surface area (Å²) in [7, 11) is 0. The summed E-state index contributed by atoms with van der Waals surface area (Å²) in [6.07, 6.45) is 12.4. The van der Waals surface area contributed by atoms with Crippen molar-refractivity contribution in [3.8, 4) is 0 Å². The summed E-state index contributed by atoms with van der Waals surface area (Å²) >= 11 is 0. The molecule has 1 aliphatic heterocycles. The van der Waals surface area contributed by atoms with Gasteiger partial charge in [0.2, 0.25) is 5.91 Å². The molecule has 7 atom stereocenters. The van der Waals surface area contributed by atoms with Crippen molar-refractivity contribution in [2.24, 2.45) is 29.1 Å². The van der Waals surface area contributed by atoms with Crippen LogP contribution < -0.4 is 0 Å². The van der Waals surface area contributed by atoms with Crippen LogP contribution in [0.1, 0.15) is 71.0 Å². The summed E-state index contributed by atoms with van der Waals surface area (Å²) in [6.45, 7) is 7.88. The van der Waals surface area contributed by atoms with Crippen molar-refractivity contribution in [1.82, 2.24) is 9.55 Å². The molecule has 8 heteroatoms. The normalized spacial score (nSPS) is 32.3. The molecule has 0 spiro atoms. The Morgan fingerprint density at radius 3 is 2.72 bits per heavy atom. The molecule has 36 heavy (non-hydrogen) atoms. The van der Waals surface area contributed by atoms with Gasteiger partial charge in [-0.1, -0.05) is 32.1 Å². The van der Waals surface area contributed by atoms with Crippen LogP contribution in [0.5, 0.6) is 0 Å². The van der Waals surface area contributed by atoms with Gasteiger partial charge < -0.3 is 14.6 Å². The van der Waals surface area contributed by atoms with E-state index < -0.39 is 23.5 Å². The number of aliphatic hydroxyl groups excluding tert-OH is 1. The molecule has 1 aromatic heterocycles. The smallest absolute Gasteiger partial charge is 0.311 e. The van der Waals surface area contributed by atoms with Crippen LogP contribution in [0.15, 0.2) is 42.5 Å².